The van der Waals surface area contributed by atoms with Crippen LogP contribution in [0.5, 0.6) is 0 Å². The molecule has 1 aliphatic carbocycles. The van der Waals surface area contributed by atoms with Gasteiger partial charge in [0.05, 0.1) is 0 Å². The molecule has 0 amide bonds. The third-order valence-corrected chi connectivity index (χ3v) is 3.94. The summed E-state index contributed by atoms with van der Waals surface area (Å²) in [6.45, 7) is 4.17. The van der Waals surface area contributed by atoms with Gasteiger partial charge >= 0.3 is 0 Å². The monoisotopic (exact) mass is 266 g/mol. The van der Waals surface area contributed by atoms with Gasteiger partial charge in [-0.25, -0.2) is 0 Å². The zero-order valence-electron chi connectivity index (χ0n) is 11.8. The van der Waals surface area contributed by atoms with E-state index in [4.69, 9.17) is 0 Å². The molecule has 2 heteroatoms. The SMILES string of the molecule is CC(C)CC1(O)c2ccccc2C(=O)c2ccccc21. The van der Waals surface area contributed by atoms with E-state index in [9.17, 15) is 9.90 Å². The highest BCUT2D eigenvalue weighted by molar-refractivity contribution is 6.13. The Labute approximate surface area is 119 Å². The highest BCUT2D eigenvalue weighted by Gasteiger charge is 2.41. The Balaban J connectivity index is 2.30. The summed E-state index contributed by atoms with van der Waals surface area (Å²) in [6.07, 6.45) is 0.605. The molecule has 2 nitrogen and oxygen atoms in total. The number of ketones is 1. The van der Waals surface area contributed by atoms with E-state index in [1.807, 2.05) is 36.4 Å². The van der Waals surface area contributed by atoms with Gasteiger partial charge in [0.1, 0.15) is 5.60 Å². The smallest absolute Gasteiger partial charge is 0.193 e. The summed E-state index contributed by atoms with van der Waals surface area (Å²) < 4.78 is 0. The van der Waals surface area contributed by atoms with Crippen molar-refractivity contribution in [2.75, 3.05) is 0 Å². The minimum absolute atomic E-state index is 0.00429. The summed E-state index contributed by atoms with van der Waals surface area (Å²) in [6, 6.07) is 14.8. The van der Waals surface area contributed by atoms with Crippen molar-refractivity contribution in [2.45, 2.75) is 25.9 Å². The minimum Gasteiger partial charge on any atom is -0.380 e. The summed E-state index contributed by atoms with van der Waals surface area (Å²) in [5, 5.41) is 11.3. The normalized spacial score (nSPS) is 15.9. The van der Waals surface area contributed by atoms with Gasteiger partial charge in [-0.2, -0.15) is 0 Å². The molecule has 0 saturated carbocycles. The van der Waals surface area contributed by atoms with Gasteiger partial charge in [0.15, 0.2) is 5.78 Å². The molecule has 0 saturated heterocycles. The lowest BCUT2D eigenvalue weighted by atomic mass is 9.71. The van der Waals surface area contributed by atoms with Crippen molar-refractivity contribution in [3.05, 3.63) is 70.8 Å². The number of fused-ring (bicyclic) bond motifs is 2. The molecular formula is C18H18O2. The Morgan fingerprint density at radius 2 is 1.40 bits per heavy atom. The van der Waals surface area contributed by atoms with Gasteiger partial charge in [0.25, 0.3) is 0 Å². The predicted molar refractivity (Wildman–Crippen MR) is 78.8 cm³/mol. The first kappa shape index (κ1) is 13.1. The quantitative estimate of drug-likeness (QED) is 0.903. The van der Waals surface area contributed by atoms with Gasteiger partial charge in [-0.1, -0.05) is 62.4 Å². The van der Waals surface area contributed by atoms with E-state index in [1.165, 1.54) is 0 Å². The number of rotatable bonds is 2. The van der Waals surface area contributed by atoms with E-state index in [1.54, 1.807) is 12.1 Å². The number of carbonyl (C=O) groups is 1. The standard InChI is InChI=1S/C18H18O2/c1-12(2)11-18(20)15-9-5-3-7-13(15)17(19)14-8-4-6-10-16(14)18/h3-10,12,20H,11H2,1-2H3. The summed E-state index contributed by atoms with van der Waals surface area (Å²) in [7, 11) is 0. The number of hydrogen-bond acceptors (Lipinski definition) is 2. The van der Waals surface area contributed by atoms with Crippen molar-refractivity contribution < 1.29 is 9.90 Å². The van der Waals surface area contributed by atoms with Gasteiger partial charge in [-0.05, 0) is 23.5 Å². The van der Waals surface area contributed by atoms with Crippen molar-refractivity contribution in [1.29, 1.82) is 0 Å². The lowest BCUT2D eigenvalue weighted by molar-refractivity contribution is 0.0518. The maximum atomic E-state index is 12.6. The van der Waals surface area contributed by atoms with Crippen LogP contribution in [0.3, 0.4) is 0 Å². The van der Waals surface area contributed by atoms with Crippen molar-refractivity contribution >= 4 is 5.78 Å². The van der Waals surface area contributed by atoms with Crippen LogP contribution in [0.25, 0.3) is 0 Å². The number of benzene rings is 2. The van der Waals surface area contributed by atoms with Crippen molar-refractivity contribution in [3.8, 4) is 0 Å². The fourth-order valence-corrected chi connectivity index (χ4v) is 3.18. The Kier molecular flexibility index (Phi) is 2.98. The molecule has 0 atom stereocenters. The fourth-order valence-electron chi connectivity index (χ4n) is 3.18. The van der Waals surface area contributed by atoms with E-state index < -0.39 is 5.60 Å². The van der Waals surface area contributed by atoms with Crippen LogP contribution in [0.15, 0.2) is 48.5 Å². The van der Waals surface area contributed by atoms with Crippen LogP contribution in [0.4, 0.5) is 0 Å². The molecule has 0 radical (unpaired) electrons. The zero-order valence-corrected chi connectivity index (χ0v) is 11.8. The number of hydrogen-bond donors (Lipinski definition) is 1. The molecule has 0 aromatic heterocycles. The molecule has 0 bridgehead atoms. The second kappa shape index (κ2) is 4.57. The first-order valence-corrected chi connectivity index (χ1v) is 7.00. The molecule has 0 heterocycles. The molecule has 0 fully saturated rings. The summed E-state index contributed by atoms with van der Waals surface area (Å²) in [4.78, 5) is 12.6. The molecule has 0 unspecified atom stereocenters. The molecule has 1 N–H and O–H groups in total. The maximum absolute atomic E-state index is 12.6. The minimum atomic E-state index is -1.07. The molecule has 2 aromatic rings. The first-order valence-electron chi connectivity index (χ1n) is 7.00. The van der Waals surface area contributed by atoms with Crippen LogP contribution in [0.2, 0.25) is 0 Å². The van der Waals surface area contributed by atoms with E-state index in [2.05, 4.69) is 13.8 Å². The molecule has 3 rings (SSSR count). The molecule has 102 valence electrons. The second-order valence-electron chi connectivity index (χ2n) is 5.88. The Morgan fingerprint density at radius 1 is 0.950 bits per heavy atom. The lowest BCUT2D eigenvalue weighted by Crippen LogP contribution is -2.36. The van der Waals surface area contributed by atoms with Gasteiger partial charge in [-0.3, -0.25) is 4.79 Å². The van der Waals surface area contributed by atoms with Gasteiger partial charge in [-0.15, -0.1) is 0 Å². The fraction of sp³-hybridized carbons (Fsp3) is 0.278. The Bertz CT molecular complexity index is 621. The summed E-state index contributed by atoms with van der Waals surface area (Å²) in [5.74, 6) is 0.332. The lowest BCUT2D eigenvalue weighted by Gasteiger charge is -2.37. The first-order chi connectivity index (χ1) is 9.54. The van der Waals surface area contributed by atoms with E-state index in [0.717, 1.165) is 11.1 Å². The third kappa shape index (κ3) is 1.80. The molecule has 0 aliphatic heterocycles. The molecule has 0 spiro atoms. The molecule has 20 heavy (non-hydrogen) atoms. The Morgan fingerprint density at radius 3 is 1.85 bits per heavy atom. The van der Waals surface area contributed by atoms with Crippen LogP contribution >= 0.6 is 0 Å². The van der Waals surface area contributed by atoms with Gasteiger partial charge in [0, 0.05) is 11.1 Å². The number of carbonyl (C=O) groups excluding carboxylic acids is 1. The van der Waals surface area contributed by atoms with E-state index in [0.29, 0.717) is 23.5 Å². The zero-order chi connectivity index (χ0) is 14.3. The van der Waals surface area contributed by atoms with Crippen molar-refractivity contribution in [2.24, 2.45) is 5.92 Å². The summed E-state index contributed by atoms with van der Waals surface area (Å²) >= 11 is 0. The van der Waals surface area contributed by atoms with Crippen LogP contribution in [0, 0.1) is 5.92 Å². The highest BCUT2D eigenvalue weighted by atomic mass is 16.3. The summed E-state index contributed by atoms with van der Waals surface area (Å²) in [5.41, 5.74) is 1.63. The average Bonchev–Trinajstić information content (AvgIpc) is 2.45. The Hall–Kier alpha value is -1.93. The third-order valence-electron chi connectivity index (χ3n) is 3.94. The second-order valence-corrected chi connectivity index (χ2v) is 5.88. The van der Waals surface area contributed by atoms with Gasteiger partial charge < -0.3 is 5.11 Å². The predicted octanol–water partition coefficient (Wildman–Crippen LogP) is 3.51. The molecule has 2 aromatic carbocycles. The molecular weight excluding hydrogens is 248 g/mol. The van der Waals surface area contributed by atoms with Gasteiger partial charge in [0.2, 0.25) is 0 Å². The molecule has 1 aliphatic rings. The average molecular weight is 266 g/mol. The largest absolute Gasteiger partial charge is 0.380 e. The van der Waals surface area contributed by atoms with Crippen LogP contribution in [-0.4, -0.2) is 10.9 Å². The van der Waals surface area contributed by atoms with Crippen molar-refractivity contribution in [1.82, 2.24) is 0 Å². The van der Waals surface area contributed by atoms with E-state index in [-0.39, 0.29) is 5.78 Å². The number of aliphatic hydroxyl groups is 1. The van der Waals surface area contributed by atoms with E-state index >= 15 is 0 Å². The van der Waals surface area contributed by atoms with Crippen LogP contribution in [-0.2, 0) is 5.60 Å². The maximum Gasteiger partial charge on any atom is 0.193 e. The van der Waals surface area contributed by atoms with Crippen molar-refractivity contribution in [3.63, 3.8) is 0 Å². The highest BCUT2D eigenvalue weighted by Crippen LogP contribution is 2.43. The van der Waals surface area contributed by atoms with Crippen LogP contribution < -0.4 is 0 Å². The van der Waals surface area contributed by atoms with Crippen LogP contribution in [0.1, 0.15) is 47.3 Å². The topological polar surface area (TPSA) is 37.3 Å².